The number of ether oxygens (including phenoxy) is 1. The maximum absolute atomic E-state index is 12.5. The average Bonchev–Trinajstić information content (AvgIpc) is 2.97. The van der Waals surface area contributed by atoms with Gasteiger partial charge in [0.25, 0.3) is 5.91 Å². The molecule has 1 saturated heterocycles. The van der Waals surface area contributed by atoms with Crippen molar-refractivity contribution in [1.82, 2.24) is 0 Å². The highest BCUT2D eigenvalue weighted by Crippen LogP contribution is 2.47. The van der Waals surface area contributed by atoms with E-state index in [-0.39, 0.29) is 27.7 Å². The molecule has 148 valence electrons. The highest BCUT2D eigenvalue weighted by molar-refractivity contribution is 6.38. The van der Waals surface area contributed by atoms with Crippen LogP contribution in [0.25, 0.3) is 0 Å². The number of carbonyl (C=O) groups is 1. The maximum atomic E-state index is 12.5. The van der Waals surface area contributed by atoms with Crippen LogP contribution in [0.3, 0.4) is 0 Å². The Morgan fingerprint density at radius 2 is 1.75 bits per heavy atom. The Labute approximate surface area is 172 Å². The van der Waals surface area contributed by atoms with Gasteiger partial charge in [0.05, 0.1) is 30.0 Å². The van der Waals surface area contributed by atoms with E-state index >= 15 is 0 Å². The Kier molecular flexibility index (Phi) is 5.24. The van der Waals surface area contributed by atoms with Crippen molar-refractivity contribution in [3.8, 4) is 0 Å². The van der Waals surface area contributed by atoms with Crippen LogP contribution >= 0.6 is 23.2 Å². The van der Waals surface area contributed by atoms with E-state index in [9.17, 15) is 15.0 Å². The summed E-state index contributed by atoms with van der Waals surface area (Å²) in [6, 6.07) is 10.5. The van der Waals surface area contributed by atoms with Gasteiger partial charge in [0.1, 0.15) is 0 Å². The standard InChI is InChI=1S/C20H20Cl2N2O4/c21-14-5-6-15(22)18-17(14)20(27,19(26)23-18)11-16(25)12-1-3-13(4-2-12)24-7-9-28-10-8-24/h1-6,16,25,27H,7-11H2,(H,23,26)/t16?,20-/m0/s1. The van der Waals surface area contributed by atoms with Crippen molar-refractivity contribution in [2.75, 3.05) is 36.5 Å². The van der Waals surface area contributed by atoms with Gasteiger partial charge in [-0.1, -0.05) is 35.3 Å². The summed E-state index contributed by atoms with van der Waals surface area (Å²) in [5.74, 6) is -0.651. The number of rotatable bonds is 4. The van der Waals surface area contributed by atoms with E-state index < -0.39 is 17.6 Å². The first-order valence-corrected chi connectivity index (χ1v) is 9.79. The van der Waals surface area contributed by atoms with Gasteiger partial charge in [0.15, 0.2) is 5.60 Å². The minimum absolute atomic E-state index is 0.204. The van der Waals surface area contributed by atoms with E-state index in [1.165, 1.54) is 6.07 Å². The van der Waals surface area contributed by atoms with Crippen LogP contribution in [0.1, 0.15) is 23.7 Å². The number of aliphatic hydroxyl groups excluding tert-OH is 1. The van der Waals surface area contributed by atoms with Crippen LogP contribution in [0.4, 0.5) is 11.4 Å². The summed E-state index contributed by atoms with van der Waals surface area (Å²) in [7, 11) is 0. The second kappa shape index (κ2) is 7.54. The van der Waals surface area contributed by atoms with Crippen molar-refractivity contribution < 1.29 is 19.7 Å². The highest BCUT2D eigenvalue weighted by atomic mass is 35.5. The first kappa shape index (κ1) is 19.5. The summed E-state index contributed by atoms with van der Waals surface area (Å²) in [6.45, 7) is 3.01. The third-order valence-corrected chi connectivity index (χ3v) is 5.90. The summed E-state index contributed by atoms with van der Waals surface area (Å²) in [5.41, 5.74) is 0.174. The van der Waals surface area contributed by atoms with Gasteiger partial charge in [-0.3, -0.25) is 4.79 Å². The van der Waals surface area contributed by atoms with Crippen molar-refractivity contribution in [3.05, 3.63) is 57.6 Å². The van der Waals surface area contributed by atoms with Crippen LogP contribution in [0, 0.1) is 0 Å². The van der Waals surface area contributed by atoms with E-state index in [1.807, 2.05) is 12.1 Å². The number of benzene rings is 2. The van der Waals surface area contributed by atoms with Crippen LogP contribution in [-0.2, 0) is 15.1 Å². The lowest BCUT2D eigenvalue weighted by Crippen LogP contribution is -2.36. The van der Waals surface area contributed by atoms with Crippen LogP contribution < -0.4 is 10.2 Å². The quantitative estimate of drug-likeness (QED) is 0.704. The number of amides is 1. The number of carbonyl (C=O) groups excluding carboxylic acids is 1. The lowest BCUT2D eigenvalue weighted by molar-refractivity contribution is -0.137. The van der Waals surface area contributed by atoms with E-state index in [0.29, 0.717) is 18.8 Å². The van der Waals surface area contributed by atoms with Crippen LogP contribution in [0.2, 0.25) is 10.0 Å². The fourth-order valence-electron chi connectivity index (χ4n) is 3.73. The number of fused-ring (bicyclic) bond motifs is 1. The molecular formula is C20H20Cl2N2O4. The zero-order chi connectivity index (χ0) is 19.9. The van der Waals surface area contributed by atoms with E-state index in [1.54, 1.807) is 18.2 Å². The van der Waals surface area contributed by atoms with Gasteiger partial charge in [-0.15, -0.1) is 0 Å². The first-order valence-electron chi connectivity index (χ1n) is 9.03. The Bertz CT molecular complexity index is 900. The number of nitrogens with one attached hydrogen (secondary N) is 1. The SMILES string of the molecule is O=C1Nc2c(Cl)ccc(Cl)c2[C@@]1(O)CC(O)c1ccc(N2CCOCC2)cc1. The molecule has 2 aliphatic heterocycles. The monoisotopic (exact) mass is 422 g/mol. The second-order valence-corrected chi connectivity index (χ2v) is 7.82. The minimum Gasteiger partial charge on any atom is -0.388 e. The molecule has 0 aliphatic carbocycles. The minimum atomic E-state index is -1.96. The molecule has 2 heterocycles. The molecule has 3 N–H and O–H groups in total. The lowest BCUT2D eigenvalue weighted by atomic mass is 9.87. The Morgan fingerprint density at radius 3 is 2.43 bits per heavy atom. The number of anilines is 2. The summed E-state index contributed by atoms with van der Waals surface area (Å²) in [4.78, 5) is 14.7. The molecule has 2 atom stereocenters. The highest BCUT2D eigenvalue weighted by Gasteiger charge is 2.49. The van der Waals surface area contributed by atoms with Crippen LogP contribution in [0.15, 0.2) is 36.4 Å². The predicted octanol–water partition coefficient (Wildman–Crippen LogP) is 3.09. The van der Waals surface area contributed by atoms with E-state index in [2.05, 4.69) is 10.2 Å². The molecule has 28 heavy (non-hydrogen) atoms. The van der Waals surface area contributed by atoms with E-state index in [4.69, 9.17) is 27.9 Å². The fourth-order valence-corrected chi connectivity index (χ4v) is 4.25. The number of hydrogen-bond donors (Lipinski definition) is 3. The number of halogens is 2. The third-order valence-electron chi connectivity index (χ3n) is 5.27. The molecular weight excluding hydrogens is 403 g/mol. The predicted molar refractivity (Wildman–Crippen MR) is 108 cm³/mol. The molecule has 0 aromatic heterocycles. The Morgan fingerprint density at radius 1 is 1.11 bits per heavy atom. The molecule has 4 rings (SSSR count). The van der Waals surface area contributed by atoms with Crippen molar-refractivity contribution in [3.63, 3.8) is 0 Å². The zero-order valence-corrected chi connectivity index (χ0v) is 16.5. The summed E-state index contributed by atoms with van der Waals surface area (Å²) < 4.78 is 5.36. The van der Waals surface area contributed by atoms with Gasteiger partial charge in [0.2, 0.25) is 0 Å². The molecule has 6 nitrogen and oxygen atoms in total. The van der Waals surface area contributed by atoms with Crippen LogP contribution in [-0.4, -0.2) is 42.4 Å². The van der Waals surface area contributed by atoms with Gasteiger partial charge in [-0.2, -0.15) is 0 Å². The average molecular weight is 423 g/mol. The Hall–Kier alpha value is -1.83. The van der Waals surface area contributed by atoms with Gasteiger partial charge in [-0.25, -0.2) is 0 Å². The molecule has 0 bridgehead atoms. The molecule has 1 fully saturated rings. The lowest BCUT2D eigenvalue weighted by Gasteiger charge is -2.29. The summed E-state index contributed by atoms with van der Waals surface area (Å²) >= 11 is 12.3. The third kappa shape index (κ3) is 3.36. The van der Waals surface area contributed by atoms with Gasteiger partial charge >= 0.3 is 0 Å². The fraction of sp³-hybridized carbons (Fsp3) is 0.350. The first-order chi connectivity index (χ1) is 13.4. The molecule has 2 aromatic rings. The molecule has 0 spiro atoms. The Balaban J connectivity index is 1.56. The molecule has 8 heteroatoms. The van der Waals surface area contributed by atoms with Crippen molar-refractivity contribution in [2.45, 2.75) is 18.1 Å². The normalized spacial score (nSPS) is 22.7. The second-order valence-electron chi connectivity index (χ2n) is 7.00. The molecule has 0 radical (unpaired) electrons. The van der Waals surface area contributed by atoms with E-state index in [0.717, 1.165) is 18.8 Å². The van der Waals surface area contributed by atoms with Crippen molar-refractivity contribution in [1.29, 1.82) is 0 Å². The topological polar surface area (TPSA) is 82.0 Å². The van der Waals surface area contributed by atoms with Gasteiger partial charge in [0, 0.05) is 35.8 Å². The molecule has 2 aromatic carbocycles. The van der Waals surface area contributed by atoms with Crippen molar-refractivity contribution >= 4 is 40.5 Å². The number of nitrogens with zero attached hydrogens (tertiary/aromatic N) is 1. The smallest absolute Gasteiger partial charge is 0.261 e. The summed E-state index contributed by atoms with van der Waals surface area (Å²) in [5, 5.41) is 24.8. The number of hydrogen-bond acceptors (Lipinski definition) is 5. The number of morpholine rings is 1. The van der Waals surface area contributed by atoms with Gasteiger partial charge < -0.3 is 25.2 Å². The molecule has 2 aliphatic rings. The maximum Gasteiger partial charge on any atom is 0.261 e. The largest absolute Gasteiger partial charge is 0.388 e. The van der Waals surface area contributed by atoms with Crippen molar-refractivity contribution in [2.24, 2.45) is 0 Å². The zero-order valence-electron chi connectivity index (χ0n) is 15.0. The molecule has 1 unspecified atom stereocenters. The van der Waals surface area contributed by atoms with Crippen LogP contribution in [0.5, 0.6) is 0 Å². The summed E-state index contributed by atoms with van der Waals surface area (Å²) in [6.07, 6.45) is -1.29. The molecule has 0 saturated carbocycles. The van der Waals surface area contributed by atoms with Gasteiger partial charge in [-0.05, 0) is 29.8 Å². The molecule has 1 amide bonds. The number of aliphatic hydroxyl groups is 2.